The standard InChI is InChI=1S/C10H7P/c1-2-4-8-7(3-1)9-5-6-11-10(8)9/h1-6,11H. The molecule has 1 atom stereocenters. The van der Waals surface area contributed by atoms with E-state index < -0.39 is 0 Å². The fraction of sp³-hybridized carbons (Fsp3) is 0. The Hall–Kier alpha value is -1.000. The topological polar surface area (TPSA) is 0 Å². The summed E-state index contributed by atoms with van der Waals surface area (Å²) in [5.74, 6) is 2.27. The zero-order chi connectivity index (χ0) is 7.26. The average Bonchev–Trinajstić information content (AvgIpc) is 2.44. The minimum absolute atomic E-state index is 0.916. The van der Waals surface area contributed by atoms with Crippen LogP contribution >= 0.6 is 8.19 Å². The molecule has 0 aliphatic heterocycles. The molecule has 1 unspecified atom stereocenters. The molecule has 52 valence electrons. The number of rotatable bonds is 0. The maximum atomic E-state index is 2.27. The van der Waals surface area contributed by atoms with E-state index in [1.807, 2.05) is 0 Å². The van der Waals surface area contributed by atoms with Crippen LogP contribution < -0.4 is 0 Å². The van der Waals surface area contributed by atoms with Gasteiger partial charge in [0.1, 0.15) is 0 Å². The van der Waals surface area contributed by atoms with Crippen LogP contribution in [0.1, 0.15) is 0 Å². The van der Waals surface area contributed by atoms with E-state index in [9.17, 15) is 0 Å². The van der Waals surface area contributed by atoms with E-state index in [1.54, 1.807) is 5.30 Å². The normalized spacial score (nSPS) is 12.4. The summed E-state index contributed by atoms with van der Waals surface area (Å²) in [5, 5.41) is 1.57. The molecule has 11 heavy (non-hydrogen) atoms. The van der Waals surface area contributed by atoms with Gasteiger partial charge in [-0.3, -0.25) is 0 Å². The van der Waals surface area contributed by atoms with Crippen molar-refractivity contribution >= 4 is 8.19 Å². The van der Waals surface area contributed by atoms with Crippen LogP contribution in [0.25, 0.3) is 22.0 Å². The maximum absolute atomic E-state index is 2.27. The summed E-state index contributed by atoms with van der Waals surface area (Å²) >= 11 is 0. The van der Waals surface area contributed by atoms with Gasteiger partial charge >= 0.3 is 0 Å². The molecule has 1 heterocycles. The molecule has 3 rings (SSSR count). The zero-order valence-corrected chi connectivity index (χ0v) is 6.96. The van der Waals surface area contributed by atoms with Gasteiger partial charge in [0.15, 0.2) is 0 Å². The summed E-state index contributed by atoms with van der Waals surface area (Å²) < 4.78 is 0. The lowest BCUT2D eigenvalue weighted by Crippen LogP contribution is -1.91. The first kappa shape index (κ1) is 5.62. The van der Waals surface area contributed by atoms with Gasteiger partial charge in [0.05, 0.1) is 0 Å². The summed E-state index contributed by atoms with van der Waals surface area (Å²) in [6, 6.07) is 10.9. The van der Waals surface area contributed by atoms with Crippen molar-refractivity contribution in [3.8, 4) is 22.0 Å². The molecule has 1 heteroatoms. The summed E-state index contributed by atoms with van der Waals surface area (Å²) in [6.07, 6.45) is 0. The van der Waals surface area contributed by atoms with Crippen molar-refractivity contribution in [3.63, 3.8) is 0 Å². The second-order valence-corrected chi connectivity index (χ2v) is 3.93. The Morgan fingerprint density at radius 2 is 1.64 bits per heavy atom. The highest BCUT2D eigenvalue weighted by Gasteiger charge is 2.20. The first-order valence-electron chi connectivity index (χ1n) is 3.74. The molecule has 1 aromatic heterocycles. The van der Waals surface area contributed by atoms with Gasteiger partial charge in [0.2, 0.25) is 0 Å². The summed E-state index contributed by atoms with van der Waals surface area (Å²) in [5.41, 5.74) is 4.41. The summed E-state index contributed by atoms with van der Waals surface area (Å²) in [6.45, 7) is 0. The van der Waals surface area contributed by atoms with Crippen molar-refractivity contribution in [3.05, 3.63) is 36.1 Å². The summed E-state index contributed by atoms with van der Waals surface area (Å²) in [7, 11) is 0.916. The van der Waals surface area contributed by atoms with Crippen molar-refractivity contribution < 1.29 is 0 Å². The Labute approximate surface area is 67.0 Å². The third-order valence-electron chi connectivity index (χ3n) is 2.23. The highest BCUT2D eigenvalue weighted by molar-refractivity contribution is 7.34. The van der Waals surface area contributed by atoms with E-state index in [4.69, 9.17) is 0 Å². The van der Waals surface area contributed by atoms with Gasteiger partial charge in [0.25, 0.3) is 0 Å². The largest absolute Gasteiger partial charge is 0.131 e. The fourth-order valence-electron chi connectivity index (χ4n) is 1.69. The molecule has 0 saturated heterocycles. The third kappa shape index (κ3) is 0.562. The molecule has 0 fully saturated rings. The second kappa shape index (κ2) is 1.78. The lowest BCUT2D eigenvalue weighted by atomic mass is 9.88. The van der Waals surface area contributed by atoms with E-state index in [1.165, 1.54) is 16.7 Å². The van der Waals surface area contributed by atoms with Gasteiger partial charge in [-0.05, 0) is 28.6 Å². The lowest BCUT2D eigenvalue weighted by molar-refractivity contribution is 1.60. The maximum Gasteiger partial charge on any atom is 0.00665 e. The molecule has 0 bridgehead atoms. The summed E-state index contributed by atoms with van der Waals surface area (Å²) in [4.78, 5) is 0. The van der Waals surface area contributed by atoms with E-state index >= 15 is 0 Å². The Balaban J connectivity index is 2.38. The second-order valence-electron chi connectivity index (χ2n) is 2.81. The van der Waals surface area contributed by atoms with Crippen LogP contribution in [0.5, 0.6) is 0 Å². The molecule has 0 saturated carbocycles. The molecule has 2 aromatic rings. The van der Waals surface area contributed by atoms with Gasteiger partial charge in [-0.15, -0.1) is 8.19 Å². The van der Waals surface area contributed by atoms with Crippen molar-refractivity contribution in [1.29, 1.82) is 0 Å². The number of benzene rings is 1. The minimum atomic E-state index is 0.916. The molecular weight excluding hydrogens is 151 g/mol. The average molecular weight is 158 g/mol. The molecule has 0 spiro atoms. The van der Waals surface area contributed by atoms with E-state index in [2.05, 4.69) is 36.1 Å². The van der Waals surface area contributed by atoms with Crippen LogP contribution in [0, 0.1) is 0 Å². The highest BCUT2D eigenvalue weighted by Crippen LogP contribution is 2.51. The van der Waals surface area contributed by atoms with Crippen LogP contribution in [0.3, 0.4) is 0 Å². The lowest BCUT2D eigenvalue weighted by Gasteiger charge is -2.18. The van der Waals surface area contributed by atoms with Crippen LogP contribution in [-0.2, 0) is 0 Å². The first-order chi connectivity index (χ1) is 5.47. The number of hydrogen-bond acceptors (Lipinski definition) is 0. The molecule has 1 aliphatic rings. The molecular formula is C10H7P. The zero-order valence-electron chi connectivity index (χ0n) is 5.96. The molecule has 0 amide bonds. The van der Waals surface area contributed by atoms with Crippen LogP contribution in [0.4, 0.5) is 0 Å². The van der Waals surface area contributed by atoms with Gasteiger partial charge in [-0.25, -0.2) is 0 Å². The Bertz CT molecular complexity index is 375. The molecule has 0 nitrogen and oxygen atoms in total. The van der Waals surface area contributed by atoms with Crippen LogP contribution in [-0.4, -0.2) is 0 Å². The van der Waals surface area contributed by atoms with E-state index in [0.717, 1.165) is 8.19 Å². The SMILES string of the molecule is c1ccc2c(c1)-c1cc[pH]c1-2. The van der Waals surface area contributed by atoms with Gasteiger partial charge in [-0.2, -0.15) is 0 Å². The predicted molar refractivity (Wildman–Crippen MR) is 50.4 cm³/mol. The quantitative estimate of drug-likeness (QED) is 0.470. The van der Waals surface area contributed by atoms with Crippen LogP contribution in [0.2, 0.25) is 0 Å². The smallest absolute Gasteiger partial charge is 0.00665 e. The molecule has 1 aliphatic carbocycles. The number of hydrogen-bond donors (Lipinski definition) is 0. The monoisotopic (exact) mass is 158 g/mol. The predicted octanol–water partition coefficient (Wildman–Crippen LogP) is 3.37. The van der Waals surface area contributed by atoms with Crippen LogP contribution in [0.15, 0.2) is 36.1 Å². The van der Waals surface area contributed by atoms with E-state index in [-0.39, 0.29) is 0 Å². The molecule has 0 radical (unpaired) electrons. The van der Waals surface area contributed by atoms with E-state index in [0.29, 0.717) is 0 Å². The van der Waals surface area contributed by atoms with Gasteiger partial charge < -0.3 is 0 Å². The van der Waals surface area contributed by atoms with Gasteiger partial charge in [-0.1, -0.05) is 24.3 Å². The molecule has 0 N–H and O–H groups in total. The van der Waals surface area contributed by atoms with Crippen molar-refractivity contribution in [2.45, 2.75) is 0 Å². The van der Waals surface area contributed by atoms with Gasteiger partial charge in [0, 0.05) is 5.30 Å². The Morgan fingerprint density at radius 1 is 0.818 bits per heavy atom. The van der Waals surface area contributed by atoms with Crippen molar-refractivity contribution in [2.24, 2.45) is 0 Å². The highest BCUT2D eigenvalue weighted by atomic mass is 31.0. The molecule has 1 aromatic carbocycles. The minimum Gasteiger partial charge on any atom is -0.131 e. The third-order valence-corrected chi connectivity index (χ3v) is 3.39. The first-order valence-corrected chi connectivity index (χ1v) is 4.82. The Morgan fingerprint density at radius 3 is 2.55 bits per heavy atom. The van der Waals surface area contributed by atoms with Crippen molar-refractivity contribution in [1.82, 2.24) is 0 Å². The Kier molecular flexibility index (Phi) is 0.909. The number of fused-ring (bicyclic) bond motifs is 4. The van der Waals surface area contributed by atoms with Crippen molar-refractivity contribution in [2.75, 3.05) is 0 Å². The fourth-order valence-corrected chi connectivity index (χ4v) is 2.85.